The van der Waals surface area contributed by atoms with E-state index in [1.807, 2.05) is 13.0 Å². The van der Waals surface area contributed by atoms with E-state index in [-0.39, 0.29) is 11.9 Å². The van der Waals surface area contributed by atoms with Gasteiger partial charge in [0.25, 0.3) is 0 Å². The second kappa shape index (κ2) is 8.15. The molecule has 1 aromatic rings. The molecular weight excluding hydrogens is 262 g/mol. The van der Waals surface area contributed by atoms with Gasteiger partial charge in [-0.3, -0.25) is 9.69 Å². The molecule has 1 aliphatic rings. The van der Waals surface area contributed by atoms with Gasteiger partial charge >= 0.3 is 0 Å². The molecular formula is C17H27N3O. The molecule has 0 spiro atoms. The molecule has 0 saturated carbocycles. The molecule has 1 unspecified atom stereocenters. The summed E-state index contributed by atoms with van der Waals surface area (Å²) in [4.78, 5) is 14.3. The van der Waals surface area contributed by atoms with Crippen LogP contribution < -0.4 is 11.1 Å². The zero-order valence-corrected chi connectivity index (χ0v) is 12.9. The van der Waals surface area contributed by atoms with Crippen LogP contribution in [0.5, 0.6) is 0 Å². The molecule has 1 atom stereocenters. The van der Waals surface area contributed by atoms with Crippen LogP contribution in [0.25, 0.3) is 0 Å². The molecule has 2 rings (SSSR count). The number of hydrogen-bond acceptors (Lipinski definition) is 3. The summed E-state index contributed by atoms with van der Waals surface area (Å²) in [6.45, 7) is 5.04. The van der Waals surface area contributed by atoms with Gasteiger partial charge in [-0.15, -0.1) is 0 Å². The fraction of sp³-hybridized carbons (Fsp3) is 0.588. The number of carbonyl (C=O) groups is 1. The zero-order valence-electron chi connectivity index (χ0n) is 12.9. The van der Waals surface area contributed by atoms with Gasteiger partial charge in [0.1, 0.15) is 0 Å². The number of carbonyl (C=O) groups excluding carboxylic acids is 1. The van der Waals surface area contributed by atoms with Crippen molar-refractivity contribution in [3.63, 3.8) is 0 Å². The lowest BCUT2D eigenvalue weighted by molar-refractivity contribution is -0.122. The minimum absolute atomic E-state index is 0.100. The molecule has 1 amide bonds. The van der Waals surface area contributed by atoms with Crippen molar-refractivity contribution in [1.82, 2.24) is 10.2 Å². The number of amides is 1. The van der Waals surface area contributed by atoms with Gasteiger partial charge in [0, 0.05) is 38.1 Å². The third kappa shape index (κ3) is 5.86. The average molecular weight is 289 g/mol. The molecule has 1 aromatic carbocycles. The van der Waals surface area contributed by atoms with Crippen molar-refractivity contribution in [2.45, 2.75) is 51.2 Å². The van der Waals surface area contributed by atoms with E-state index in [0.717, 1.165) is 38.9 Å². The van der Waals surface area contributed by atoms with Crippen LogP contribution in [0.4, 0.5) is 0 Å². The molecule has 116 valence electrons. The Labute approximate surface area is 127 Å². The summed E-state index contributed by atoms with van der Waals surface area (Å²) in [5.74, 6) is 0.147. The summed E-state index contributed by atoms with van der Waals surface area (Å²) in [5.41, 5.74) is 7.04. The van der Waals surface area contributed by atoms with Crippen molar-refractivity contribution in [2.24, 2.45) is 5.73 Å². The fourth-order valence-corrected chi connectivity index (χ4v) is 2.74. The van der Waals surface area contributed by atoms with Gasteiger partial charge in [-0.25, -0.2) is 0 Å². The van der Waals surface area contributed by atoms with Crippen molar-refractivity contribution in [2.75, 3.05) is 13.1 Å². The largest absolute Gasteiger partial charge is 0.353 e. The maximum absolute atomic E-state index is 11.8. The normalized spacial score (nSPS) is 18.4. The molecule has 1 heterocycles. The first-order valence-electron chi connectivity index (χ1n) is 7.94. The number of likely N-dealkylation sites (tertiary alicyclic amines) is 1. The second-order valence-electron chi connectivity index (χ2n) is 6.12. The molecule has 0 aliphatic carbocycles. The summed E-state index contributed by atoms with van der Waals surface area (Å²) < 4.78 is 0. The van der Waals surface area contributed by atoms with Gasteiger partial charge in [-0.2, -0.15) is 0 Å². The minimum Gasteiger partial charge on any atom is -0.353 e. The summed E-state index contributed by atoms with van der Waals surface area (Å²) >= 11 is 0. The molecule has 0 aromatic heterocycles. The highest BCUT2D eigenvalue weighted by Crippen LogP contribution is 2.14. The van der Waals surface area contributed by atoms with Crippen molar-refractivity contribution in [1.29, 1.82) is 0 Å². The number of rotatable bonds is 6. The Balaban J connectivity index is 1.67. The van der Waals surface area contributed by atoms with Crippen LogP contribution in [0, 0.1) is 0 Å². The molecule has 4 heteroatoms. The first-order valence-corrected chi connectivity index (χ1v) is 7.94. The van der Waals surface area contributed by atoms with Crippen molar-refractivity contribution >= 4 is 5.91 Å². The molecule has 21 heavy (non-hydrogen) atoms. The van der Waals surface area contributed by atoms with E-state index < -0.39 is 0 Å². The third-order valence-corrected chi connectivity index (χ3v) is 4.03. The van der Waals surface area contributed by atoms with Crippen LogP contribution in [-0.2, 0) is 11.3 Å². The minimum atomic E-state index is 0.100. The molecule has 0 radical (unpaired) electrons. The predicted octanol–water partition coefficient (Wildman–Crippen LogP) is 1.89. The summed E-state index contributed by atoms with van der Waals surface area (Å²) in [7, 11) is 0. The molecule has 1 saturated heterocycles. The number of nitrogens with two attached hydrogens (primary N) is 1. The monoisotopic (exact) mass is 289 g/mol. The highest BCUT2D eigenvalue weighted by atomic mass is 16.1. The van der Waals surface area contributed by atoms with Crippen molar-refractivity contribution < 1.29 is 4.79 Å². The standard InChI is InChI=1S/C17H27N3O/c1-14(18)7-8-17(21)19-16-9-11-20(12-10-16)13-15-5-3-2-4-6-15/h2-6,14,16H,7-13,18H2,1H3,(H,19,21). The number of nitrogens with one attached hydrogen (secondary N) is 1. The van der Waals surface area contributed by atoms with Crippen LogP contribution >= 0.6 is 0 Å². The van der Waals surface area contributed by atoms with Crippen LogP contribution in [0.15, 0.2) is 30.3 Å². The number of piperidine rings is 1. The Morgan fingerprint density at radius 3 is 2.62 bits per heavy atom. The van der Waals surface area contributed by atoms with Gasteiger partial charge in [0.15, 0.2) is 0 Å². The number of benzene rings is 1. The lowest BCUT2D eigenvalue weighted by atomic mass is 10.0. The number of nitrogens with zero attached hydrogens (tertiary/aromatic N) is 1. The maximum atomic E-state index is 11.8. The van der Waals surface area contributed by atoms with E-state index in [9.17, 15) is 4.79 Å². The molecule has 1 aliphatic heterocycles. The van der Waals surface area contributed by atoms with Crippen LogP contribution in [0.2, 0.25) is 0 Å². The first-order chi connectivity index (χ1) is 10.1. The van der Waals surface area contributed by atoms with E-state index >= 15 is 0 Å². The van der Waals surface area contributed by atoms with Gasteiger partial charge in [-0.1, -0.05) is 30.3 Å². The Morgan fingerprint density at radius 1 is 1.33 bits per heavy atom. The van der Waals surface area contributed by atoms with E-state index in [0.29, 0.717) is 12.5 Å². The third-order valence-electron chi connectivity index (χ3n) is 4.03. The van der Waals surface area contributed by atoms with Gasteiger partial charge in [-0.05, 0) is 31.7 Å². The van der Waals surface area contributed by atoms with E-state index in [4.69, 9.17) is 5.73 Å². The Hall–Kier alpha value is -1.39. The number of hydrogen-bond donors (Lipinski definition) is 2. The molecule has 3 N–H and O–H groups in total. The van der Waals surface area contributed by atoms with Gasteiger partial charge < -0.3 is 11.1 Å². The average Bonchev–Trinajstić information content (AvgIpc) is 2.48. The van der Waals surface area contributed by atoms with E-state index in [1.54, 1.807) is 0 Å². The van der Waals surface area contributed by atoms with Crippen LogP contribution in [0.3, 0.4) is 0 Å². The Kier molecular flexibility index (Phi) is 6.21. The SMILES string of the molecule is CC(N)CCC(=O)NC1CCN(Cc2ccccc2)CC1. The zero-order chi connectivity index (χ0) is 15.1. The van der Waals surface area contributed by atoms with E-state index in [2.05, 4.69) is 34.5 Å². The molecule has 1 fully saturated rings. The fourth-order valence-electron chi connectivity index (χ4n) is 2.74. The van der Waals surface area contributed by atoms with Gasteiger partial charge in [0.05, 0.1) is 0 Å². The Bertz CT molecular complexity index is 425. The lowest BCUT2D eigenvalue weighted by Gasteiger charge is -2.32. The van der Waals surface area contributed by atoms with Crippen LogP contribution in [-0.4, -0.2) is 36.0 Å². The predicted molar refractivity (Wildman–Crippen MR) is 85.8 cm³/mol. The molecule has 0 bridgehead atoms. The van der Waals surface area contributed by atoms with Crippen molar-refractivity contribution in [3.8, 4) is 0 Å². The maximum Gasteiger partial charge on any atom is 0.220 e. The second-order valence-corrected chi connectivity index (χ2v) is 6.12. The summed E-state index contributed by atoms with van der Waals surface area (Å²) in [5, 5.41) is 3.14. The first kappa shape index (κ1) is 16.0. The lowest BCUT2D eigenvalue weighted by Crippen LogP contribution is -2.44. The van der Waals surface area contributed by atoms with Gasteiger partial charge in [0.2, 0.25) is 5.91 Å². The highest BCUT2D eigenvalue weighted by molar-refractivity contribution is 5.76. The summed E-state index contributed by atoms with van der Waals surface area (Å²) in [6.07, 6.45) is 3.38. The Morgan fingerprint density at radius 2 is 2.00 bits per heavy atom. The topological polar surface area (TPSA) is 58.4 Å². The van der Waals surface area contributed by atoms with Crippen LogP contribution in [0.1, 0.15) is 38.2 Å². The van der Waals surface area contributed by atoms with E-state index in [1.165, 1.54) is 5.56 Å². The summed E-state index contributed by atoms with van der Waals surface area (Å²) in [6, 6.07) is 11.0. The quantitative estimate of drug-likeness (QED) is 0.841. The van der Waals surface area contributed by atoms with Crippen molar-refractivity contribution in [3.05, 3.63) is 35.9 Å². The smallest absolute Gasteiger partial charge is 0.220 e. The highest BCUT2D eigenvalue weighted by Gasteiger charge is 2.20. The molecule has 4 nitrogen and oxygen atoms in total.